The fourth-order valence-corrected chi connectivity index (χ4v) is 3.18. The molecule has 0 aromatic carbocycles. The van der Waals surface area contributed by atoms with Gasteiger partial charge in [-0.15, -0.1) is 0 Å². The highest BCUT2D eigenvalue weighted by Gasteiger charge is 2.21. The predicted octanol–water partition coefficient (Wildman–Crippen LogP) is 1.80. The highest BCUT2D eigenvalue weighted by Crippen LogP contribution is 2.11. The maximum absolute atomic E-state index is 11.7. The van der Waals surface area contributed by atoms with Gasteiger partial charge in [0.15, 0.2) is 0 Å². The lowest BCUT2D eigenvalue weighted by molar-refractivity contribution is 0.382. The summed E-state index contributed by atoms with van der Waals surface area (Å²) in [5.74, 6) is 1.26. The van der Waals surface area contributed by atoms with E-state index in [1.807, 2.05) is 20.1 Å². The highest BCUT2D eigenvalue weighted by molar-refractivity contribution is 7.98. The van der Waals surface area contributed by atoms with Crippen molar-refractivity contribution in [2.45, 2.75) is 32.7 Å². The standard InChI is InChI=1S/C9H21NO2S2/c1-5-8-14(11,12)10(3)9(2)6-7-13-4/h9H,5-8H2,1-4H3. The first-order valence-electron chi connectivity index (χ1n) is 4.90. The summed E-state index contributed by atoms with van der Waals surface area (Å²) in [6, 6.07) is 0.110. The number of sulfonamides is 1. The molecule has 0 aliphatic heterocycles. The lowest BCUT2D eigenvalue weighted by atomic mass is 10.3. The first-order chi connectivity index (χ1) is 6.45. The average molecular weight is 239 g/mol. The molecule has 0 saturated heterocycles. The molecule has 1 atom stereocenters. The third-order valence-corrected chi connectivity index (χ3v) is 5.07. The molecule has 0 bridgehead atoms. The van der Waals surface area contributed by atoms with Gasteiger partial charge in [0.1, 0.15) is 0 Å². The fraction of sp³-hybridized carbons (Fsp3) is 1.00. The van der Waals surface area contributed by atoms with Crippen molar-refractivity contribution in [2.75, 3.05) is 24.8 Å². The van der Waals surface area contributed by atoms with E-state index in [9.17, 15) is 8.42 Å². The molecule has 0 spiro atoms. The van der Waals surface area contributed by atoms with Crippen LogP contribution in [0.2, 0.25) is 0 Å². The molecule has 0 aliphatic carbocycles. The molecular formula is C9H21NO2S2. The molecule has 0 radical (unpaired) electrons. The first-order valence-corrected chi connectivity index (χ1v) is 7.90. The zero-order chi connectivity index (χ0) is 11.2. The van der Waals surface area contributed by atoms with Crippen LogP contribution in [0.25, 0.3) is 0 Å². The van der Waals surface area contributed by atoms with Crippen molar-refractivity contribution in [1.29, 1.82) is 0 Å². The molecule has 0 fully saturated rings. The third-order valence-electron chi connectivity index (χ3n) is 2.26. The number of nitrogens with zero attached hydrogens (tertiary/aromatic N) is 1. The molecule has 0 amide bonds. The van der Waals surface area contributed by atoms with E-state index in [2.05, 4.69) is 0 Å². The molecule has 5 heteroatoms. The Morgan fingerprint density at radius 2 is 2.00 bits per heavy atom. The van der Waals surface area contributed by atoms with E-state index in [-0.39, 0.29) is 11.8 Å². The second kappa shape index (κ2) is 6.69. The molecule has 86 valence electrons. The Kier molecular flexibility index (Phi) is 6.81. The minimum atomic E-state index is -3.02. The average Bonchev–Trinajstić information content (AvgIpc) is 2.12. The molecule has 0 N–H and O–H groups in total. The lowest BCUT2D eigenvalue weighted by Gasteiger charge is -2.23. The zero-order valence-corrected chi connectivity index (χ0v) is 11.1. The Morgan fingerprint density at radius 3 is 2.43 bits per heavy atom. The van der Waals surface area contributed by atoms with Crippen LogP contribution in [0.5, 0.6) is 0 Å². The summed E-state index contributed by atoms with van der Waals surface area (Å²) in [4.78, 5) is 0. The largest absolute Gasteiger partial charge is 0.214 e. The zero-order valence-electron chi connectivity index (χ0n) is 9.49. The second-order valence-corrected chi connectivity index (χ2v) is 6.60. The normalized spacial score (nSPS) is 14.6. The molecule has 0 aliphatic rings. The van der Waals surface area contributed by atoms with Gasteiger partial charge in [0.25, 0.3) is 0 Å². The summed E-state index contributed by atoms with van der Waals surface area (Å²) in [6.07, 6.45) is 3.63. The smallest absolute Gasteiger partial charge is 0.212 e. The summed E-state index contributed by atoms with van der Waals surface area (Å²) < 4.78 is 24.8. The monoisotopic (exact) mass is 239 g/mol. The van der Waals surface area contributed by atoms with Crippen LogP contribution in [-0.2, 0) is 10.0 Å². The Labute approximate surface area is 92.3 Å². The number of hydrogen-bond donors (Lipinski definition) is 0. The van der Waals surface area contributed by atoms with Crippen LogP contribution < -0.4 is 0 Å². The predicted molar refractivity (Wildman–Crippen MR) is 64.3 cm³/mol. The Balaban J connectivity index is 4.22. The van der Waals surface area contributed by atoms with Gasteiger partial charge in [0.2, 0.25) is 10.0 Å². The van der Waals surface area contributed by atoms with Crippen molar-refractivity contribution in [3.8, 4) is 0 Å². The van der Waals surface area contributed by atoms with E-state index in [1.165, 1.54) is 4.31 Å². The Hall–Kier alpha value is 0.260. The molecule has 0 saturated carbocycles. The maximum atomic E-state index is 11.7. The van der Waals surface area contributed by atoms with Crippen molar-refractivity contribution in [1.82, 2.24) is 4.31 Å². The maximum Gasteiger partial charge on any atom is 0.214 e. The SMILES string of the molecule is CCCS(=O)(=O)N(C)C(C)CCSC. The van der Waals surface area contributed by atoms with Gasteiger partial charge in [-0.05, 0) is 31.8 Å². The third kappa shape index (κ3) is 4.66. The van der Waals surface area contributed by atoms with E-state index >= 15 is 0 Å². The van der Waals surface area contributed by atoms with Gasteiger partial charge in [-0.1, -0.05) is 6.92 Å². The summed E-state index contributed by atoms with van der Waals surface area (Å²) in [5, 5.41) is 0. The number of thioether (sulfide) groups is 1. The minimum absolute atomic E-state index is 0.110. The highest BCUT2D eigenvalue weighted by atomic mass is 32.2. The molecule has 0 rings (SSSR count). The van der Waals surface area contributed by atoms with Crippen LogP contribution in [0.3, 0.4) is 0 Å². The van der Waals surface area contributed by atoms with Gasteiger partial charge < -0.3 is 0 Å². The van der Waals surface area contributed by atoms with Crippen LogP contribution in [0, 0.1) is 0 Å². The minimum Gasteiger partial charge on any atom is -0.212 e. The molecular weight excluding hydrogens is 218 g/mol. The van der Waals surface area contributed by atoms with Gasteiger partial charge >= 0.3 is 0 Å². The van der Waals surface area contributed by atoms with Crippen molar-refractivity contribution in [2.24, 2.45) is 0 Å². The van der Waals surface area contributed by atoms with Crippen LogP contribution in [0.4, 0.5) is 0 Å². The van der Waals surface area contributed by atoms with Crippen LogP contribution in [0.1, 0.15) is 26.7 Å². The van der Waals surface area contributed by atoms with E-state index in [0.29, 0.717) is 6.42 Å². The summed E-state index contributed by atoms with van der Waals surface area (Å²) in [6.45, 7) is 3.85. The first kappa shape index (κ1) is 14.3. The van der Waals surface area contributed by atoms with Crippen molar-refractivity contribution in [3.63, 3.8) is 0 Å². The molecule has 0 aromatic rings. The lowest BCUT2D eigenvalue weighted by Crippen LogP contribution is -2.36. The van der Waals surface area contributed by atoms with Crippen LogP contribution in [0.15, 0.2) is 0 Å². The Morgan fingerprint density at radius 1 is 1.43 bits per heavy atom. The van der Waals surface area contributed by atoms with Gasteiger partial charge in [0.05, 0.1) is 5.75 Å². The van der Waals surface area contributed by atoms with Crippen molar-refractivity contribution < 1.29 is 8.42 Å². The summed E-state index contributed by atoms with van der Waals surface area (Å²) >= 11 is 1.75. The molecule has 0 heterocycles. The Bertz CT molecular complexity index is 239. The summed E-state index contributed by atoms with van der Waals surface area (Å²) in [7, 11) is -1.34. The van der Waals surface area contributed by atoms with Crippen LogP contribution >= 0.6 is 11.8 Å². The number of hydrogen-bond acceptors (Lipinski definition) is 3. The quantitative estimate of drug-likeness (QED) is 0.680. The van der Waals surface area contributed by atoms with Gasteiger partial charge in [-0.2, -0.15) is 11.8 Å². The van der Waals surface area contributed by atoms with Crippen LogP contribution in [-0.4, -0.2) is 43.6 Å². The molecule has 3 nitrogen and oxygen atoms in total. The van der Waals surface area contributed by atoms with Gasteiger partial charge in [-0.3, -0.25) is 0 Å². The molecule has 0 aromatic heterocycles. The molecule has 1 unspecified atom stereocenters. The van der Waals surface area contributed by atoms with Gasteiger partial charge in [0, 0.05) is 13.1 Å². The fourth-order valence-electron chi connectivity index (χ4n) is 1.15. The van der Waals surface area contributed by atoms with E-state index in [0.717, 1.165) is 12.2 Å². The van der Waals surface area contributed by atoms with Crippen molar-refractivity contribution in [3.05, 3.63) is 0 Å². The van der Waals surface area contributed by atoms with Crippen molar-refractivity contribution >= 4 is 21.8 Å². The number of rotatable bonds is 7. The van der Waals surface area contributed by atoms with Gasteiger partial charge in [-0.25, -0.2) is 12.7 Å². The van der Waals surface area contributed by atoms with E-state index < -0.39 is 10.0 Å². The second-order valence-electron chi connectivity index (χ2n) is 3.46. The summed E-state index contributed by atoms with van der Waals surface area (Å²) in [5.41, 5.74) is 0. The topological polar surface area (TPSA) is 37.4 Å². The van der Waals surface area contributed by atoms with E-state index in [1.54, 1.807) is 18.8 Å². The van der Waals surface area contributed by atoms with E-state index in [4.69, 9.17) is 0 Å². The molecule has 14 heavy (non-hydrogen) atoms.